The van der Waals surface area contributed by atoms with Gasteiger partial charge in [0.25, 0.3) is 5.91 Å². The van der Waals surface area contributed by atoms with E-state index in [9.17, 15) is 4.79 Å². The third-order valence-corrected chi connectivity index (χ3v) is 5.61. The Morgan fingerprint density at radius 3 is 2.47 bits per heavy atom. The summed E-state index contributed by atoms with van der Waals surface area (Å²) in [6, 6.07) is 20.4. The quantitative estimate of drug-likeness (QED) is 0.318. The number of oxazole rings is 1. The second kappa shape index (κ2) is 8.92. The maximum Gasteiger partial charge on any atom is 0.293 e. The average molecular weight is 469 g/mol. The summed E-state index contributed by atoms with van der Waals surface area (Å²) in [5.41, 5.74) is 5.96. The summed E-state index contributed by atoms with van der Waals surface area (Å²) >= 11 is 5.29. The Bertz CT molecular complexity index is 1490. The van der Waals surface area contributed by atoms with Crippen molar-refractivity contribution in [3.05, 3.63) is 89.8 Å². The molecule has 0 unspecified atom stereocenters. The lowest BCUT2D eigenvalue weighted by molar-refractivity contribution is 0.0951. The second-order valence-electron chi connectivity index (χ2n) is 7.79. The van der Waals surface area contributed by atoms with Crippen molar-refractivity contribution < 1.29 is 13.6 Å². The van der Waals surface area contributed by atoms with Crippen molar-refractivity contribution in [2.45, 2.75) is 13.8 Å². The van der Waals surface area contributed by atoms with Crippen molar-refractivity contribution in [1.29, 1.82) is 0 Å². The van der Waals surface area contributed by atoms with Gasteiger partial charge in [0, 0.05) is 23.0 Å². The van der Waals surface area contributed by atoms with Gasteiger partial charge in [0.2, 0.25) is 5.89 Å². The predicted octanol–water partition coefficient (Wildman–Crippen LogP) is 5.89. The highest BCUT2D eigenvalue weighted by Crippen LogP contribution is 2.25. The molecule has 0 radical (unpaired) electrons. The number of rotatable bonds is 4. The van der Waals surface area contributed by atoms with E-state index in [-0.39, 0.29) is 10.9 Å². The predicted molar refractivity (Wildman–Crippen MR) is 135 cm³/mol. The number of nitrogens with zero attached hydrogens (tertiary/aromatic N) is 2. The summed E-state index contributed by atoms with van der Waals surface area (Å²) in [5.74, 6) is 0.853. The number of aryl methyl sites for hydroxylation is 2. The standard InChI is InChI=1S/C26H20N4O3S/c1-15-5-6-18(14-16(15)2)20-11-12-22(32-20)24(31)30-26(34)28-19-9-7-17(8-10-19)25-29-23-21(33-25)4-3-13-27-23/h3-14H,1-2H3,(H2,28,30,31,34). The van der Waals surface area contributed by atoms with Gasteiger partial charge in [-0.3, -0.25) is 10.1 Å². The molecule has 0 aliphatic heterocycles. The van der Waals surface area contributed by atoms with Crippen LogP contribution < -0.4 is 10.6 Å². The van der Waals surface area contributed by atoms with E-state index < -0.39 is 5.91 Å². The molecular formula is C26H20N4O3S. The molecule has 0 saturated carbocycles. The van der Waals surface area contributed by atoms with Crippen LogP contribution in [0.5, 0.6) is 0 Å². The number of aromatic nitrogens is 2. The van der Waals surface area contributed by atoms with Crippen LogP contribution >= 0.6 is 12.2 Å². The van der Waals surface area contributed by atoms with Gasteiger partial charge in [-0.05, 0) is 91.8 Å². The molecule has 1 amide bonds. The van der Waals surface area contributed by atoms with Gasteiger partial charge in [0.15, 0.2) is 22.1 Å². The summed E-state index contributed by atoms with van der Waals surface area (Å²) in [7, 11) is 0. The van der Waals surface area contributed by atoms with Crippen LogP contribution in [-0.2, 0) is 0 Å². The minimum absolute atomic E-state index is 0.160. The van der Waals surface area contributed by atoms with E-state index in [1.54, 1.807) is 24.4 Å². The fourth-order valence-corrected chi connectivity index (χ4v) is 3.64. The van der Waals surface area contributed by atoms with E-state index in [4.69, 9.17) is 21.1 Å². The average Bonchev–Trinajstić information content (AvgIpc) is 3.49. The van der Waals surface area contributed by atoms with E-state index in [0.29, 0.717) is 28.6 Å². The molecular weight excluding hydrogens is 448 g/mol. The number of nitrogens with one attached hydrogen (secondary N) is 2. The third kappa shape index (κ3) is 4.44. The van der Waals surface area contributed by atoms with Gasteiger partial charge < -0.3 is 14.2 Å². The first kappa shape index (κ1) is 21.5. The lowest BCUT2D eigenvalue weighted by Gasteiger charge is -2.09. The van der Waals surface area contributed by atoms with Crippen molar-refractivity contribution >= 4 is 40.2 Å². The molecule has 5 rings (SSSR count). The smallest absolute Gasteiger partial charge is 0.293 e. The Kier molecular flexibility index (Phi) is 5.65. The maximum atomic E-state index is 12.6. The van der Waals surface area contributed by atoms with Gasteiger partial charge in [0.1, 0.15) is 5.76 Å². The Labute approximate surface area is 200 Å². The lowest BCUT2D eigenvalue weighted by atomic mass is 10.1. The minimum atomic E-state index is -0.428. The molecule has 0 atom stereocenters. The number of amides is 1. The van der Waals surface area contributed by atoms with E-state index in [0.717, 1.165) is 16.7 Å². The molecule has 0 fully saturated rings. The molecule has 0 spiro atoms. The van der Waals surface area contributed by atoms with Crippen molar-refractivity contribution in [2.24, 2.45) is 0 Å². The van der Waals surface area contributed by atoms with Crippen molar-refractivity contribution in [3.63, 3.8) is 0 Å². The molecule has 2 aromatic carbocycles. The first-order valence-corrected chi connectivity index (χ1v) is 11.0. The first-order chi connectivity index (χ1) is 16.5. The number of benzene rings is 2. The zero-order valence-electron chi connectivity index (χ0n) is 18.5. The van der Waals surface area contributed by atoms with Crippen LogP contribution in [0.25, 0.3) is 34.0 Å². The van der Waals surface area contributed by atoms with Gasteiger partial charge in [-0.2, -0.15) is 4.98 Å². The van der Waals surface area contributed by atoms with Gasteiger partial charge in [-0.25, -0.2) is 4.98 Å². The van der Waals surface area contributed by atoms with Gasteiger partial charge in [-0.1, -0.05) is 12.1 Å². The number of furan rings is 1. The molecule has 3 heterocycles. The largest absolute Gasteiger partial charge is 0.451 e. The van der Waals surface area contributed by atoms with Crippen LogP contribution in [0.1, 0.15) is 21.7 Å². The number of carbonyl (C=O) groups excluding carboxylic acids is 1. The molecule has 8 heteroatoms. The van der Waals surface area contributed by atoms with E-state index in [1.165, 1.54) is 5.56 Å². The molecule has 0 bridgehead atoms. The molecule has 5 aromatic rings. The summed E-state index contributed by atoms with van der Waals surface area (Å²) in [4.78, 5) is 21.1. The zero-order valence-corrected chi connectivity index (χ0v) is 19.3. The fraction of sp³-hybridized carbons (Fsp3) is 0.0769. The number of pyridine rings is 1. The molecule has 0 aliphatic rings. The monoisotopic (exact) mass is 468 g/mol. The number of carbonyl (C=O) groups is 1. The van der Waals surface area contributed by atoms with Crippen LogP contribution in [0, 0.1) is 13.8 Å². The summed E-state index contributed by atoms with van der Waals surface area (Å²) in [6.07, 6.45) is 1.67. The fourth-order valence-electron chi connectivity index (χ4n) is 3.43. The van der Waals surface area contributed by atoms with E-state index >= 15 is 0 Å². The molecule has 3 aromatic heterocycles. The molecule has 0 saturated heterocycles. The summed E-state index contributed by atoms with van der Waals surface area (Å²) in [6.45, 7) is 4.09. The van der Waals surface area contributed by atoms with Crippen LogP contribution in [0.3, 0.4) is 0 Å². The van der Waals surface area contributed by atoms with Crippen LogP contribution in [0.2, 0.25) is 0 Å². The summed E-state index contributed by atoms with van der Waals surface area (Å²) < 4.78 is 11.5. The molecule has 7 nitrogen and oxygen atoms in total. The Balaban J connectivity index is 1.22. The Morgan fingerprint density at radius 2 is 1.71 bits per heavy atom. The van der Waals surface area contributed by atoms with Gasteiger partial charge in [0.05, 0.1) is 0 Å². The third-order valence-electron chi connectivity index (χ3n) is 5.40. The van der Waals surface area contributed by atoms with Crippen LogP contribution in [0.15, 0.2) is 81.8 Å². The molecule has 2 N–H and O–H groups in total. The first-order valence-electron chi connectivity index (χ1n) is 10.6. The highest BCUT2D eigenvalue weighted by molar-refractivity contribution is 7.80. The highest BCUT2D eigenvalue weighted by Gasteiger charge is 2.15. The number of hydrogen-bond donors (Lipinski definition) is 2. The SMILES string of the molecule is Cc1ccc(-c2ccc(C(=O)NC(=S)Nc3ccc(-c4nc5ncccc5o4)cc3)o2)cc1C. The van der Waals surface area contributed by atoms with E-state index in [1.807, 2.05) is 55.5 Å². The lowest BCUT2D eigenvalue weighted by Crippen LogP contribution is -2.33. The normalized spacial score (nSPS) is 10.9. The van der Waals surface area contributed by atoms with E-state index in [2.05, 4.69) is 27.5 Å². The number of thiocarbonyl (C=S) groups is 1. The molecule has 168 valence electrons. The Hall–Kier alpha value is -4.30. The van der Waals surface area contributed by atoms with Gasteiger partial charge >= 0.3 is 0 Å². The number of anilines is 1. The topological polar surface area (TPSA) is 93.2 Å². The van der Waals surface area contributed by atoms with Crippen molar-refractivity contribution in [1.82, 2.24) is 15.3 Å². The number of fused-ring (bicyclic) bond motifs is 1. The van der Waals surface area contributed by atoms with Crippen molar-refractivity contribution in [2.75, 3.05) is 5.32 Å². The van der Waals surface area contributed by atoms with Crippen LogP contribution in [-0.4, -0.2) is 21.0 Å². The van der Waals surface area contributed by atoms with Crippen LogP contribution in [0.4, 0.5) is 5.69 Å². The van der Waals surface area contributed by atoms with Gasteiger partial charge in [-0.15, -0.1) is 0 Å². The molecule has 0 aliphatic carbocycles. The minimum Gasteiger partial charge on any atom is -0.451 e. The number of hydrogen-bond acceptors (Lipinski definition) is 6. The maximum absolute atomic E-state index is 12.6. The highest BCUT2D eigenvalue weighted by atomic mass is 32.1. The Morgan fingerprint density at radius 1 is 0.912 bits per heavy atom. The van der Waals surface area contributed by atoms with Crippen molar-refractivity contribution in [3.8, 4) is 22.8 Å². The zero-order chi connectivity index (χ0) is 23.7. The summed E-state index contributed by atoms with van der Waals surface area (Å²) in [5, 5.41) is 5.80. The second-order valence-corrected chi connectivity index (χ2v) is 8.20. The molecule has 34 heavy (non-hydrogen) atoms.